The Morgan fingerprint density at radius 2 is 1.89 bits per heavy atom. The first kappa shape index (κ1) is 24.3. The molecule has 1 aromatic rings. The van der Waals surface area contributed by atoms with Gasteiger partial charge in [0.1, 0.15) is 4.21 Å². The summed E-state index contributed by atoms with van der Waals surface area (Å²) < 4.78 is 58.4. The number of aliphatic carboxylic acids is 1. The summed E-state index contributed by atoms with van der Waals surface area (Å²) in [5.41, 5.74) is 0. The van der Waals surface area contributed by atoms with E-state index in [9.17, 15) is 26.4 Å². The van der Waals surface area contributed by atoms with Crippen molar-refractivity contribution in [3.05, 3.63) is 17.5 Å². The van der Waals surface area contributed by atoms with Crippen LogP contribution in [-0.2, 0) is 19.6 Å². The van der Waals surface area contributed by atoms with Crippen LogP contribution in [0.25, 0.3) is 0 Å². The van der Waals surface area contributed by atoms with Crippen molar-refractivity contribution in [1.29, 1.82) is 0 Å². The summed E-state index contributed by atoms with van der Waals surface area (Å²) in [5, 5.41) is 12.0. The molecule has 0 atom stereocenters. The summed E-state index contributed by atoms with van der Waals surface area (Å²) in [5.74, 6) is -2.88. The van der Waals surface area contributed by atoms with Gasteiger partial charge in [-0.1, -0.05) is 13.0 Å². The zero-order valence-corrected chi connectivity index (χ0v) is 16.7. The third-order valence-corrected chi connectivity index (χ3v) is 6.80. The summed E-state index contributed by atoms with van der Waals surface area (Å²) in [6, 6.07) is 3.29. The number of carbonyl (C=O) groups excluding carboxylic acids is 1. The standard InChI is InChI=1S/C13H21N3O3S2.C2HF3O2/c1-2-7-16(21(18,19)13-4-3-10-20-13)11-12(17)15-8-5-14-6-9-15;3-2(4,5)1(6)7/h3-4,10,14H,2,5-9,11H2,1H3;(H,6,7). The predicted octanol–water partition coefficient (Wildman–Crippen LogP) is 1.21. The first-order chi connectivity index (χ1) is 13.0. The molecule has 28 heavy (non-hydrogen) atoms. The van der Waals surface area contributed by atoms with Gasteiger partial charge in [0.15, 0.2) is 0 Å². The second-order valence-corrected chi connectivity index (χ2v) is 8.82. The monoisotopic (exact) mass is 445 g/mol. The molecule has 1 amide bonds. The van der Waals surface area contributed by atoms with E-state index in [4.69, 9.17) is 9.90 Å². The highest BCUT2D eigenvalue weighted by molar-refractivity contribution is 7.91. The van der Waals surface area contributed by atoms with Gasteiger partial charge in [-0.2, -0.15) is 17.5 Å². The number of nitrogens with zero attached hydrogens (tertiary/aromatic N) is 2. The first-order valence-corrected chi connectivity index (χ1v) is 10.6. The maximum absolute atomic E-state index is 12.6. The van der Waals surface area contributed by atoms with Gasteiger partial charge in [-0.3, -0.25) is 4.79 Å². The van der Waals surface area contributed by atoms with E-state index in [1.807, 2.05) is 6.92 Å². The van der Waals surface area contributed by atoms with Gasteiger partial charge < -0.3 is 15.3 Å². The van der Waals surface area contributed by atoms with Crippen molar-refractivity contribution in [2.45, 2.75) is 23.7 Å². The number of hydrogen-bond acceptors (Lipinski definition) is 6. The molecule has 0 spiro atoms. The van der Waals surface area contributed by atoms with Gasteiger partial charge in [0, 0.05) is 32.7 Å². The number of alkyl halides is 3. The minimum absolute atomic E-state index is 0.0753. The fourth-order valence-electron chi connectivity index (χ4n) is 2.24. The van der Waals surface area contributed by atoms with Crippen LogP contribution >= 0.6 is 11.3 Å². The molecule has 160 valence electrons. The Morgan fingerprint density at radius 3 is 2.32 bits per heavy atom. The number of thiophene rings is 1. The molecule has 2 rings (SSSR count). The molecule has 1 saturated heterocycles. The molecule has 2 heterocycles. The normalized spacial score (nSPS) is 15.1. The van der Waals surface area contributed by atoms with Crippen LogP contribution in [0.2, 0.25) is 0 Å². The number of halogens is 3. The van der Waals surface area contributed by atoms with Crippen LogP contribution in [0, 0.1) is 0 Å². The Bertz CT molecular complexity index is 733. The highest BCUT2D eigenvalue weighted by atomic mass is 32.2. The lowest BCUT2D eigenvalue weighted by Gasteiger charge is -2.29. The van der Waals surface area contributed by atoms with Crippen molar-refractivity contribution >= 4 is 33.2 Å². The molecule has 2 N–H and O–H groups in total. The van der Waals surface area contributed by atoms with Crippen LogP contribution in [0.3, 0.4) is 0 Å². The van der Waals surface area contributed by atoms with Crippen molar-refractivity contribution in [2.24, 2.45) is 0 Å². The molecule has 1 aromatic heterocycles. The summed E-state index contributed by atoms with van der Waals surface area (Å²) in [7, 11) is -3.56. The van der Waals surface area contributed by atoms with E-state index in [1.54, 1.807) is 22.4 Å². The largest absolute Gasteiger partial charge is 0.490 e. The Morgan fingerprint density at radius 1 is 1.32 bits per heavy atom. The van der Waals surface area contributed by atoms with E-state index in [2.05, 4.69) is 5.32 Å². The molecule has 8 nitrogen and oxygen atoms in total. The average molecular weight is 445 g/mol. The van der Waals surface area contributed by atoms with Crippen molar-refractivity contribution < 1.29 is 36.3 Å². The number of nitrogens with one attached hydrogen (secondary N) is 1. The van der Waals surface area contributed by atoms with E-state index in [-0.39, 0.29) is 12.5 Å². The van der Waals surface area contributed by atoms with Crippen LogP contribution < -0.4 is 5.32 Å². The van der Waals surface area contributed by atoms with Gasteiger partial charge in [-0.15, -0.1) is 11.3 Å². The molecule has 1 fully saturated rings. The molecule has 0 saturated carbocycles. The molecule has 0 radical (unpaired) electrons. The zero-order chi connectivity index (χ0) is 21.4. The second-order valence-electron chi connectivity index (χ2n) is 5.70. The van der Waals surface area contributed by atoms with E-state index in [0.29, 0.717) is 30.3 Å². The number of piperazine rings is 1. The Kier molecular flexibility index (Phi) is 9.33. The maximum Gasteiger partial charge on any atom is 0.490 e. The van der Waals surface area contributed by atoms with E-state index in [0.717, 1.165) is 13.1 Å². The topological polar surface area (TPSA) is 107 Å². The van der Waals surface area contributed by atoms with Gasteiger partial charge in [0.25, 0.3) is 10.0 Å². The molecule has 0 aliphatic carbocycles. The van der Waals surface area contributed by atoms with Crippen LogP contribution in [-0.4, -0.2) is 80.1 Å². The van der Waals surface area contributed by atoms with E-state index < -0.39 is 22.2 Å². The maximum atomic E-state index is 12.6. The van der Waals surface area contributed by atoms with Crippen molar-refractivity contribution in [3.8, 4) is 0 Å². The van der Waals surface area contributed by atoms with E-state index >= 15 is 0 Å². The summed E-state index contributed by atoms with van der Waals surface area (Å²) >= 11 is 1.18. The number of carboxylic acid groups (broad SMARTS) is 1. The number of carbonyl (C=O) groups is 2. The fourth-order valence-corrected chi connectivity index (χ4v) is 4.86. The van der Waals surface area contributed by atoms with Gasteiger partial charge in [-0.05, 0) is 17.9 Å². The molecule has 1 aliphatic heterocycles. The number of carboxylic acids is 1. The molecule has 0 aromatic carbocycles. The zero-order valence-electron chi connectivity index (χ0n) is 15.1. The predicted molar refractivity (Wildman–Crippen MR) is 96.5 cm³/mol. The lowest BCUT2D eigenvalue weighted by atomic mass is 10.3. The first-order valence-electron chi connectivity index (χ1n) is 8.32. The molecule has 1 aliphatic rings. The highest BCUT2D eigenvalue weighted by Crippen LogP contribution is 2.21. The molecule has 13 heteroatoms. The van der Waals surface area contributed by atoms with Crippen molar-refractivity contribution in [1.82, 2.24) is 14.5 Å². The van der Waals surface area contributed by atoms with Gasteiger partial charge in [0.2, 0.25) is 5.91 Å². The number of hydrogen-bond donors (Lipinski definition) is 2. The average Bonchev–Trinajstić information content (AvgIpc) is 3.17. The molecule has 0 unspecified atom stereocenters. The van der Waals surface area contributed by atoms with Gasteiger partial charge in [0.05, 0.1) is 6.54 Å². The highest BCUT2D eigenvalue weighted by Gasteiger charge is 2.38. The van der Waals surface area contributed by atoms with Crippen molar-refractivity contribution in [2.75, 3.05) is 39.3 Å². The lowest BCUT2D eigenvalue weighted by Crippen LogP contribution is -2.50. The van der Waals surface area contributed by atoms with E-state index in [1.165, 1.54) is 15.6 Å². The van der Waals surface area contributed by atoms with Crippen LogP contribution in [0.1, 0.15) is 13.3 Å². The Labute approximate surface area is 165 Å². The quantitative estimate of drug-likeness (QED) is 0.682. The van der Waals surface area contributed by atoms with Crippen LogP contribution in [0.15, 0.2) is 21.7 Å². The summed E-state index contributed by atoms with van der Waals surface area (Å²) in [6.45, 7) is 4.99. The fraction of sp³-hybridized carbons (Fsp3) is 0.600. The molecular weight excluding hydrogens is 423 g/mol. The number of amides is 1. The summed E-state index contributed by atoms with van der Waals surface area (Å²) in [4.78, 5) is 22.9. The Hall–Kier alpha value is -1.70. The third-order valence-electron chi connectivity index (χ3n) is 3.59. The smallest absolute Gasteiger partial charge is 0.475 e. The molecular formula is C15H22F3N3O5S2. The summed E-state index contributed by atoms with van der Waals surface area (Å²) in [6.07, 6.45) is -4.40. The number of sulfonamides is 1. The van der Waals surface area contributed by atoms with Gasteiger partial charge in [-0.25, -0.2) is 13.2 Å². The van der Waals surface area contributed by atoms with Gasteiger partial charge >= 0.3 is 12.1 Å². The lowest BCUT2D eigenvalue weighted by molar-refractivity contribution is -0.192. The second kappa shape index (κ2) is 10.7. The minimum atomic E-state index is -5.08. The molecule has 0 bridgehead atoms. The van der Waals surface area contributed by atoms with Crippen LogP contribution in [0.4, 0.5) is 13.2 Å². The van der Waals surface area contributed by atoms with Crippen molar-refractivity contribution in [3.63, 3.8) is 0 Å². The third kappa shape index (κ3) is 7.37. The Balaban J connectivity index is 0.000000480. The van der Waals surface area contributed by atoms with Crippen LogP contribution in [0.5, 0.6) is 0 Å². The number of rotatable bonds is 6. The minimum Gasteiger partial charge on any atom is -0.475 e. The SMILES string of the molecule is CCCN(CC(=O)N1CCNCC1)S(=O)(=O)c1cccs1.O=C(O)C(F)(F)F.